The predicted octanol–water partition coefficient (Wildman–Crippen LogP) is 1.28. The Morgan fingerprint density at radius 1 is 1.25 bits per heavy atom. The summed E-state index contributed by atoms with van der Waals surface area (Å²) < 4.78 is 6.64. The smallest absolute Gasteiger partial charge is 0.409 e. The molecule has 1 fully saturated rings. The van der Waals surface area contributed by atoms with Crippen LogP contribution in [0.5, 0.6) is 0 Å². The van der Waals surface area contributed by atoms with Crippen molar-refractivity contribution >= 4 is 11.7 Å². The minimum absolute atomic E-state index is 0.0572. The Labute approximate surface area is 140 Å². The summed E-state index contributed by atoms with van der Waals surface area (Å²) in [5.74, 6) is 0. The second kappa shape index (κ2) is 7.00. The molecule has 0 aromatic carbocycles. The predicted molar refractivity (Wildman–Crippen MR) is 90.1 cm³/mol. The molecule has 1 amide bonds. The Morgan fingerprint density at radius 2 is 2.00 bits per heavy atom. The van der Waals surface area contributed by atoms with E-state index in [4.69, 9.17) is 4.74 Å². The van der Waals surface area contributed by atoms with Gasteiger partial charge in [0.2, 0.25) is 0 Å². The molecule has 0 radical (unpaired) electrons. The number of hydrogen-bond acceptors (Lipinski definition) is 5. The second-order valence-corrected chi connectivity index (χ2v) is 5.91. The molecule has 0 bridgehead atoms. The zero-order valence-corrected chi connectivity index (χ0v) is 14.1. The van der Waals surface area contributed by atoms with Crippen LogP contribution in [0.2, 0.25) is 0 Å². The van der Waals surface area contributed by atoms with E-state index < -0.39 is 0 Å². The second-order valence-electron chi connectivity index (χ2n) is 5.91. The molecule has 0 spiro atoms. The van der Waals surface area contributed by atoms with Gasteiger partial charge in [-0.2, -0.15) is 0 Å². The van der Waals surface area contributed by atoms with Crippen molar-refractivity contribution in [2.45, 2.75) is 20.4 Å². The van der Waals surface area contributed by atoms with Gasteiger partial charge in [-0.3, -0.25) is 14.1 Å². The summed E-state index contributed by atoms with van der Waals surface area (Å²) in [5.41, 5.74) is 2.25. The topological polar surface area (TPSA) is 67.2 Å². The molecule has 3 heterocycles. The first-order chi connectivity index (χ1) is 11.6. The van der Waals surface area contributed by atoms with Crippen LogP contribution in [0.3, 0.4) is 0 Å². The maximum atomic E-state index is 12.3. The van der Waals surface area contributed by atoms with Gasteiger partial charge in [-0.25, -0.2) is 9.78 Å². The van der Waals surface area contributed by atoms with Gasteiger partial charge in [0.25, 0.3) is 5.56 Å². The van der Waals surface area contributed by atoms with E-state index in [9.17, 15) is 9.59 Å². The van der Waals surface area contributed by atoms with Gasteiger partial charge in [0.15, 0.2) is 0 Å². The number of ether oxygens (including phenoxy) is 1. The molecule has 0 aliphatic carbocycles. The third-order valence-electron chi connectivity index (χ3n) is 4.22. The van der Waals surface area contributed by atoms with Gasteiger partial charge >= 0.3 is 6.09 Å². The molecule has 0 atom stereocenters. The first-order valence-corrected chi connectivity index (χ1v) is 8.21. The molecule has 3 rings (SSSR count). The quantitative estimate of drug-likeness (QED) is 0.848. The number of carbonyl (C=O) groups excluding carboxylic acids is 1. The molecule has 1 saturated heterocycles. The minimum atomic E-state index is -0.255. The Morgan fingerprint density at radius 3 is 2.71 bits per heavy atom. The van der Waals surface area contributed by atoms with Crippen molar-refractivity contribution in [3.8, 4) is 0 Å². The van der Waals surface area contributed by atoms with E-state index in [1.165, 1.54) is 0 Å². The highest BCUT2D eigenvalue weighted by Gasteiger charge is 2.22. The molecule has 2 aromatic rings. The first-order valence-electron chi connectivity index (χ1n) is 8.21. The van der Waals surface area contributed by atoms with Crippen molar-refractivity contribution in [1.29, 1.82) is 0 Å². The van der Waals surface area contributed by atoms with Crippen molar-refractivity contribution in [2.75, 3.05) is 32.8 Å². The Kier molecular flexibility index (Phi) is 4.80. The van der Waals surface area contributed by atoms with E-state index in [1.807, 2.05) is 25.1 Å². The summed E-state index contributed by atoms with van der Waals surface area (Å²) in [5, 5.41) is 0. The summed E-state index contributed by atoms with van der Waals surface area (Å²) in [6, 6.07) is 7.23. The highest BCUT2D eigenvalue weighted by atomic mass is 16.6. The summed E-state index contributed by atoms with van der Waals surface area (Å²) in [7, 11) is 0. The first kappa shape index (κ1) is 16.4. The van der Waals surface area contributed by atoms with Crippen LogP contribution in [0.4, 0.5) is 4.79 Å². The number of carbonyl (C=O) groups is 1. The average Bonchev–Trinajstić information content (AvgIpc) is 2.55. The number of pyridine rings is 1. The third kappa shape index (κ3) is 3.41. The van der Waals surface area contributed by atoms with Crippen LogP contribution in [0.1, 0.15) is 18.3 Å². The SMILES string of the molecule is CCOC(=O)N1CCN(Cc2cc(=O)n3c(C)cccc3n2)CC1. The maximum Gasteiger partial charge on any atom is 0.409 e. The van der Waals surface area contributed by atoms with Crippen molar-refractivity contribution in [3.63, 3.8) is 0 Å². The molecular formula is C17H22N4O3. The van der Waals surface area contributed by atoms with Crippen LogP contribution in [0, 0.1) is 6.92 Å². The number of hydrogen-bond donors (Lipinski definition) is 0. The average molecular weight is 330 g/mol. The standard InChI is InChI=1S/C17H22N4O3/c1-3-24-17(23)20-9-7-19(8-10-20)12-14-11-16(22)21-13(2)5-4-6-15(21)18-14/h4-6,11H,3,7-10,12H2,1-2H3. The summed E-state index contributed by atoms with van der Waals surface area (Å²) in [6.07, 6.45) is -0.255. The zero-order chi connectivity index (χ0) is 17.1. The lowest BCUT2D eigenvalue weighted by atomic mass is 10.3. The molecule has 7 nitrogen and oxygen atoms in total. The van der Waals surface area contributed by atoms with E-state index >= 15 is 0 Å². The number of aromatic nitrogens is 2. The highest BCUT2D eigenvalue weighted by molar-refractivity contribution is 5.67. The lowest BCUT2D eigenvalue weighted by molar-refractivity contribution is 0.0775. The fourth-order valence-corrected chi connectivity index (χ4v) is 2.98. The van der Waals surface area contributed by atoms with Crippen LogP contribution < -0.4 is 5.56 Å². The van der Waals surface area contributed by atoms with Crippen LogP contribution in [-0.2, 0) is 11.3 Å². The fraction of sp³-hybridized carbons (Fsp3) is 0.471. The number of rotatable bonds is 3. The lowest BCUT2D eigenvalue weighted by Gasteiger charge is -2.33. The number of fused-ring (bicyclic) bond motifs is 1. The molecule has 2 aromatic heterocycles. The maximum absolute atomic E-state index is 12.3. The van der Waals surface area contributed by atoms with Gasteiger partial charge in [0.05, 0.1) is 12.3 Å². The third-order valence-corrected chi connectivity index (χ3v) is 4.22. The van der Waals surface area contributed by atoms with Crippen LogP contribution in [0.15, 0.2) is 29.1 Å². The van der Waals surface area contributed by atoms with E-state index in [1.54, 1.807) is 22.3 Å². The Hall–Kier alpha value is -2.41. The van der Waals surface area contributed by atoms with Gasteiger partial charge in [0, 0.05) is 44.5 Å². The van der Waals surface area contributed by atoms with E-state index in [0.29, 0.717) is 31.9 Å². The largest absolute Gasteiger partial charge is 0.450 e. The molecule has 1 aliphatic rings. The molecule has 128 valence electrons. The van der Waals surface area contributed by atoms with E-state index in [2.05, 4.69) is 9.88 Å². The minimum Gasteiger partial charge on any atom is -0.450 e. The molecule has 7 heteroatoms. The number of amides is 1. The van der Waals surface area contributed by atoms with E-state index in [-0.39, 0.29) is 11.7 Å². The summed E-state index contributed by atoms with van der Waals surface area (Å²) >= 11 is 0. The molecule has 1 aliphatic heterocycles. The highest BCUT2D eigenvalue weighted by Crippen LogP contribution is 2.09. The van der Waals surface area contributed by atoms with Gasteiger partial charge in [-0.05, 0) is 26.0 Å². The zero-order valence-electron chi connectivity index (χ0n) is 14.1. The van der Waals surface area contributed by atoms with Gasteiger partial charge in [-0.1, -0.05) is 6.07 Å². The molecule has 0 N–H and O–H groups in total. The molecule has 24 heavy (non-hydrogen) atoms. The van der Waals surface area contributed by atoms with Crippen LogP contribution >= 0.6 is 0 Å². The number of piperazine rings is 1. The van der Waals surface area contributed by atoms with Crippen LogP contribution in [-0.4, -0.2) is 58.1 Å². The Balaban J connectivity index is 1.69. The van der Waals surface area contributed by atoms with Crippen molar-refractivity contribution in [3.05, 3.63) is 46.0 Å². The number of nitrogens with zero attached hydrogens (tertiary/aromatic N) is 4. The summed E-state index contributed by atoms with van der Waals surface area (Å²) in [6.45, 7) is 7.44. The van der Waals surface area contributed by atoms with Gasteiger partial charge in [0.1, 0.15) is 5.65 Å². The number of aryl methyl sites for hydroxylation is 1. The van der Waals surface area contributed by atoms with Gasteiger partial charge in [-0.15, -0.1) is 0 Å². The molecular weight excluding hydrogens is 308 g/mol. The Bertz CT molecular complexity index is 794. The van der Waals surface area contributed by atoms with Crippen molar-refractivity contribution in [1.82, 2.24) is 19.2 Å². The fourth-order valence-electron chi connectivity index (χ4n) is 2.98. The monoisotopic (exact) mass is 330 g/mol. The van der Waals surface area contributed by atoms with Crippen molar-refractivity contribution in [2.24, 2.45) is 0 Å². The van der Waals surface area contributed by atoms with Gasteiger partial charge < -0.3 is 9.64 Å². The van der Waals surface area contributed by atoms with Crippen molar-refractivity contribution < 1.29 is 9.53 Å². The normalized spacial score (nSPS) is 15.7. The van der Waals surface area contributed by atoms with E-state index in [0.717, 1.165) is 24.5 Å². The summed E-state index contributed by atoms with van der Waals surface area (Å²) in [4.78, 5) is 32.5. The molecule has 0 unspecified atom stereocenters. The molecule has 0 saturated carbocycles. The van der Waals surface area contributed by atoms with Crippen LogP contribution in [0.25, 0.3) is 5.65 Å². The lowest BCUT2D eigenvalue weighted by Crippen LogP contribution is -2.48.